The van der Waals surface area contributed by atoms with Crippen molar-refractivity contribution in [3.05, 3.63) is 64.7 Å². The lowest BCUT2D eigenvalue weighted by molar-refractivity contribution is -0.134. The van der Waals surface area contributed by atoms with Crippen molar-refractivity contribution in [2.45, 2.75) is 53.5 Å². The summed E-state index contributed by atoms with van der Waals surface area (Å²) >= 11 is 0. The Balaban J connectivity index is 1.87. The van der Waals surface area contributed by atoms with Gasteiger partial charge < -0.3 is 15.0 Å². The van der Waals surface area contributed by atoms with Gasteiger partial charge in [0.1, 0.15) is 5.75 Å². The lowest BCUT2D eigenvalue weighted by atomic mass is 9.87. The summed E-state index contributed by atoms with van der Waals surface area (Å²) in [5, 5.41) is 2.88. The normalized spacial score (nSPS) is 15.6. The lowest BCUT2D eigenvalue weighted by Gasteiger charge is -2.38. The van der Waals surface area contributed by atoms with Gasteiger partial charge in [0.05, 0.1) is 6.04 Å². The number of ether oxygens (including phenoxy) is 1. The Morgan fingerprint density at radius 3 is 2.44 bits per heavy atom. The van der Waals surface area contributed by atoms with Crippen LogP contribution in [0.5, 0.6) is 5.75 Å². The number of carbonyl (C=O) groups excluding carboxylic acids is 2. The zero-order valence-electron chi connectivity index (χ0n) is 20.0. The van der Waals surface area contributed by atoms with Crippen molar-refractivity contribution in [2.75, 3.05) is 19.7 Å². The van der Waals surface area contributed by atoms with Gasteiger partial charge in [-0.15, -0.1) is 0 Å². The molecule has 0 fully saturated rings. The van der Waals surface area contributed by atoms with Crippen LogP contribution in [0, 0.1) is 18.8 Å². The van der Waals surface area contributed by atoms with E-state index in [0.717, 1.165) is 17.5 Å². The number of fused-ring (bicyclic) bond motifs is 1. The molecule has 3 rings (SSSR count). The molecule has 1 aliphatic heterocycles. The van der Waals surface area contributed by atoms with Crippen LogP contribution in [0.3, 0.4) is 0 Å². The number of hydrogen-bond acceptors (Lipinski definition) is 3. The summed E-state index contributed by atoms with van der Waals surface area (Å²) in [4.78, 5) is 27.2. The van der Waals surface area contributed by atoms with Gasteiger partial charge in [-0.2, -0.15) is 0 Å². The fraction of sp³-hybridized carbons (Fsp3) is 0.481. The Morgan fingerprint density at radius 2 is 1.78 bits per heavy atom. The molecule has 0 unspecified atom stereocenters. The van der Waals surface area contributed by atoms with Gasteiger partial charge in [-0.25, -0.2) is 0 Å². The fourth-order valence-corrected chi connectivity index (χ4v) is 4.04. The molecule has 0 radical (unpaired) electrons. The molecule has 5 nitrogen and oxygen atoms in total. The minimum absolute atomic E-state index is 0.0172. The van der Waals surface area contributed by atoms with E-state index in [1.165, 1.54) is 11.1 Å². The van der Waals surface area contributed by atoms with E-state index < -0.39 is 0 Å². The van der Waals surface area contributed by atoms with Crippen molar-refractivity contribution >= 4 is 11.8 Å². The molecule has 2 aromatic carbocycles. The lowest BCUT2D eigenvalue weighted by Crippen LogP contribution is -2.41. The smallest absolute Gasteiger partial charge is 0.257 e. The highest BCUT2D eigenvalue weighted by Gasteiger charge is 2.32. The van der Waals surface area contributed by atoms with E-state index in [-0.39, 0.29) is 24.5 Å². The summed E-state index contributed by atoms with van der Waals surface area (Å²) in [6.45, 7) is 11.7. The highest BCUT2D eigenvalue weighted by Crippen LogP contribution is 2.38. The van der Waals surface area contributed by atoms with Crippen molar-refractivity contribution in [2.24, 2.45) is 11.8 Å². The summed E-state index contributed by atoms with van der Waals surface area (Å²) in [7, 11) is 0. The summed E-state index contributed by atoms with van der Waals surface area (Å²) in [5.74, 6) is 1.41. The molecule has 1 N–H and O–H groups in total. The summed E-state index contributed by atoms with van der Waals surface area (Å²) < 4.78 is 5.81. The first-order chi connectivity index (χ1) is 15.2. The van der Waals surface area contributed by atoms with Crippen LogP contribution in [0.15, 0.2) is 42.5 Å². The third kappa shape index (κ3) is 6.12. The second-order valence-corrected chi connectivity index (χ2v) is 9.60. The van der Waals surface area contributed by atoms with Crippen LogP contribution in [-0.2, 0) is 16.0 Å². The van der Waals surface area contributed by atoms with Crippen molar-refractivity contribution in [3.63, 3.8) is 0 Å². The molecule has 1 atom stereocenters. The van der Waals surface area contributed by atoms with E-state index in [9.17, 15) is 9.59 Å². The predicted molar refractivity (Wildman–Crippen MR) is 128 cm³/mol. The Hall–Kier alpha value is -2.82. The largest absolute Gasteiger partial charge is 0.484 e. The third-order valence-electron chi connectivity index (χ3n) is 5.72. The van der Waals surface area contributed by atoms with Gasteiger partial charge in [0.2, 0.25) is 5.91 Å². The molecule has 2 amide bonds. The standard InChI is InChI=1S/C27H36N2O3/c1-18(2)14-26(31)29-13-12-21-10-11-23(32-17-25(30)28-16-19(3)4)15-24(21)27(29)22-8-6-20(5)7-9-22/h6-11,15,18-19,27H,12-14,16-17H2,1-5H3,(H,28,30)/t27-/m0/s1. The minimum atomic E-state index is -0.149. The van der Waals surface area contributed by atoms with E-state index in [1.807, 2.05) is 17.0 Å². The zero-order chi connectivity index (χ0) is 23.3. The molecule has 0 aliphatic carbocycles. The van der Waals surface area contributed by atoms with Crippen LogP contribution in [-0.4, -0.2) is 36.4 Å². The molecule has 0 saturated heterocycles. The Morgan fingerprint density at radius 1 is 1.06 bits per heavy atom. The molecule has 0 spiro atoms. The zero-order valence-corrected chi connectivity index (χ0v) is 20.0. The maximum atomic E-state index is 13.1. The molecular weight excluding hydrogens is 400 g/mol. The van der Waals surface area contributed by atoms with E-state index in [4.69, 9.17) is 4.74 Å². The van der Waals surface area contributed by atoms with Crippen LogP contribution in [0.1, 0.15) is 62.4 Å². The molecule has 2 aromatic rings. The van der Waals surface area contributed by atoms with Crippen molar-refractivity contribution in [1.82, 2.24) is 10.2 Å². The first-order valence-corrected chi connectivity index (χ1v) is 11.6. The summed E-state index contributed by atoms with van der Waals surface area (Å²) in [6, 6.07) is 14.3. The van der Waals surface area contributed by atoms with E-state index in [2.05, 4.69) is 70.3 Å². The van der Waals surface area contributed by atoms with E-state index >= 15 is 0 Å². The molecule has 172 valence electrons. The first-order valence-electron chi connectivity index (χ1n) is 11.6. The monoisotopic (exact) mass is 436 g/mol. The van der Waals surface area contributed by atoms with E-state index in [1.54, 1.807) is 0 Å². The third-order valence-corrected chi connectivity index (χ3v) is 5.72. The second kappa shape index (κ2) is 10.7. The molecule has 0 bridgehead atoms. The van der Waals surface area contributed by atoms with Crippen molar-refractivity contribution in [1.29, 1.82) is 0 Å². The number of carbonyl (C=O) groups is 2. The number of hydrogen-bond donors (Lipinski definition) is 1. The van der Waals surface area contributed by atoms with Crippen molar-refractivity contribution in [3.8, 4) is 5.75 Å². The first kappa shape index (κ1) is 23.8. The fourth-order valence-electron chi connectivity index (χ4n) is 4.04. The number of amides is 2. The van der Waals surface area contributed by atoms with Crippen LogP contribution in [0.25, 0.3) is 0 Å². The van der Waals surface area contributed by atoms with Gasteiger partial charge in [0, 0.05) is 19.5 Å². The van der Waals surface area contributed by atoms with Crippen molar-refractivity contribution < 1.29 is 14.3 Å². The highest BCUT2D eigenvalue weighted by atomic mass is 16.5. The molecule has 1 heterocycles. The van der Waals surface area contributed by atoms with Gasteiger partial charge >= 0.3 is 0 Å². The van der Waals surface area contributed by atoms with Gasteiger partial charge in [-0.1, -0.05) is 63.6 Å². The molecule has 5 heteroatoms. The number of nitrogens with zero attached hydrogens (tertiary/aromatic N) is 1. The predicted octanol–water partition coefficient (Wildman–Crippen LogP) is 4.67. The topological polar surface area (TPSA) is 58.6 Å². The molecule has 0 aromatic heterocycles. The van der Waals surface area contributed by atoms with Crippen LogP contribution >= 0.6 is 0 Å². The van der Waals surface area contributed by atoms with Crippen LogP contribution in [0.4, 0.5) is 0 Å². The minimum Gasteiger partial charge on any atom is -0.484 e. The average molecular weight is 437 g/mol. The maximum Gasteiger partial charge on any atom is 0.257 e. The maximum absolute atomic E-state index is 13.1. The highest BCUT2D eigenvalue weighted by molar-refractivity contribution is 5.78. The molecule has 1 aliphatic rings. The number of nitrogens with one attached hydrogen (secondary N) is 1. The number of benzene rings is 2. The van der Waals surface area contributed by atoms with Gasteiger partial charge in [-0.05, 0) is 54.0 Å². The molecule has 0 saturated carbocycles. The SMILES string of the molecule is Cc1ccc([C@H]2c3cc(OCC(=O)NCC(C)C)ccc3CCN2C(=O)CC(C)C)cc1. The second-order valence-electron chi connectivity index (χ2n) is 9.60. The molecule has 32 heavy (non-hydrogen) atoms. The molecular formula is C27H36N2O3. The number of aryl methyl sites for hydroxylation is 1. The number of rotatable bonds is 8. The Bertz CT molecular complexity index is 934. The summed E-state index contributed by atoms with van der Waals surface area (Å²) in [6.07, 6.45) is 1.35. The van der Waals surface area contributed by atoms with Crippen LogP contribution in [0.2, 0.25) is 0 Å². The van der Waals surface area contributed by atoms with Gasteiger partial charge in [0.15, 0.2) is 6.61 Å². The summed E-state index contributed by atoms with van der Waals surface area (Å²) in [5.41, 5.74) is 4.59. The Kier molecular flexibility index (Phi) is 7.94. The average Bonchev–Trinajstić information content (AvgIpc) is 2.75. The van der Waals surface area contributed by atoms with Gasteiger partial charge in [-0.3, -0.25) is 9.59 Å². The Labute approximate surface area is 192 Å². The van der Waals surface area contributed by atoms with E-state index in [0.29, 0.717) is 37.1 Å². The van der Waals surface area contributed by atoms with Crippen LogP contribution < -0.4 is 10.1 Å². The van der Waals surface area contributed by atoms with Gasteiger partial charge in [0.25, 0.3) is 5.91 Å². The quantitative estimate of drug-likeness (QED) is 0.654.